The normalized spacial score (nSPS) is 11.7. The number of aromatic nitrogens is 1. The van der Waals surface area contributed by atoms with E-state index in [2.05, 4.69) is 90.4 Å². The first kappa shape index (κ1) is 19.6. The molecule has 134 valence electrons. The summed E-state index contributed by atoms with van der Waals surface area (Å²) in [5.41, 5.74) is 3.80. The molecule has 0 amide bonds. The molecule has 0 saturated carbocycles. The van der Waals surface area contributed by atoms with Gasteiger partial charge in [0.15, 0.2) is 0 Å². The van der Waals surface area contributed by atoms with Gasteiger partial charge in [-0.25, -0.2) is 12.2 Å². The van der Waals surface area contributed by atoms with Gasteiger partial charge < -0.3 is 4.57 Å². The Kier molecular flexibility index (Phi) is 7.00. The van der Waals surface area contributed by atoms with E-state index in [4.69, 9.17) is 0 Å². The summed E-state index contributed by atoms with van der Waals surface area (Å²) in [4.78, 5) is 0. The summed E-state index contributed by atoms with van der Waals surface area (Å²) in [5, 5.41) is 3.90. The quantitative estimate of drug-likeness (QED) is 0.283. The van der Waals surface area contributed by atoms with Crippen molar-refractivity contribution in [2.75, 3.05) is 0 Å². The van der Waals surface area contributed by atoms with Gasteiger partial charge in [0.1, 0.15) is 0 Å². The molecule has 0 N–H and O–H groups in total. The van der Waals surface area contributed by atoms with Crippen LogP contribution in [0.5, 0.6) is 0 Å². The van der Waals surface area contributed by atoms with Gasteiger partial charge >= 0.3 is 29.7 Å². The molecule has 0 saturated heterocycles. The average Bonchev–Trinajstić information content (AvgIpc) is 3.42. The Hall–Kier alpha value is -2.19. The SMILES string of the molecule is Cc1cc2ccccc2n1-c1cc2ccccc2[cH-]1.[C-]1=CC=CC1.[F][Zr+2][F]. The van der Waals surface area contributed by atoms with Gasteiger partial charge in [0.05, 0.1) is 5.52 Å². The summed E-state index contributed by atoms with van der Waals surface area (Å²) < 4.78 is 21.9. The summed E-state index contributed by atoms with van der Waals surface area (Å²) in [7, 11) is 0. The Morgan fingerprint density at radius 2 is 1.70 bits per heavy atom. The zero-order chi connectivity index (χ0) is 19.1. The van der Waals surface area contributed by atoms with Crippen LogP contribution in [-0.4, -0.2) is 4.57 Å². The number of hydrogen-bond acceptors (Lipinski definition) is 0. The van der Waals surface area contributed by atoms with Crippen molar-refractivity contribution in [3.63, 3.8) is 0 Å². The average molecular weight is 439 g/mol. The number of para-hydroxylation sites is 1. The van der Waals surface area contributed by atoms with Gasteiger partial charge in [0.25, 0.3) is 0 Å². The summed E-state index contributed by atoms with van der Waals surface area (Å²) >= 11 is -2.77. The number of rotatable bonds is 1. The van der Waals surface area contributed by atoms with E-state index in [0.29, 0.717) is 0 Å². The summed E-state index contributed by atoms with van der Waals surface area (Å²) in [6.45, 7) is 2.16. The molecule has 0 unspecified atom stereocenters. The fraction of sp³-hybridized carbons (Fsp3) is 0.0870. The van der Waals surface area contributed by atoms with Crippen LogP contribution in [0.1, 0.15) is 12.1 Å². The predicted molar refractivity (Wildman–Crippen MR) is 105 cm³/mol. The van der Waals surface area contributed by atoms with Crippen molar-refractivity contribution >= 4 is 21.7 Å². The van der Waals surface area contributed by atoms with Gasteiger partial charge in [-0.05, 0) is 24.7 Å². The molecule has 1 aliphatic carbocycles. The Labute approximate surface area is 171 Å². The minimum atomic E-state index is -2.77. The second-order valence-corrected chi connectivity index (χ2v) is 6.45. The fourth-order valence-electron chi connectivity index (χ4n) is 3.24. The number of nitrogens with zero attached hydrogens (tertiary/aromatic N) is 1. The maximum atomic E-state index is 9.80. The summed E-state index contributed by atoms with van der Waals surface area (Å²) in [6.07, 6.45) is 10.0. The zero-order valence-corrected chi connectivity index (χ0v) is 17.5. The minimum absolute atomic E-state index is 1.01. The van der Waals surface area contributed by atoms with E-state index in [9.17, 15) is 5.25 Å². The van der Waals surface area contributed by atoms with Crippen molar-refractivity contribution in [3.05, 3.63) is 96.7 Å². The number of halogens is 2. The Morgan fingerprint density at radius 1 is 1.00 bits per heavy atom. The zero-order valence-electron chi connectivity index (χ0n) is 15.0. The summed E-state index contributed by atoms with van der Waals surface area (Å²) in [5.74, 6) is 0. The molecule has 4 heteroatoms. The van der Waals surface area contributed by atoms with Crippen LogP contribution >= 0.6 is 0 Å². The van der Waals surface area contributed by atoms with Gasteiger partial charge in [0, 0.05) is 11.1 Å². The first-order valence-electron chi connectivity index (χ1n) is 8.65. The van der Waals surface area contributed by atoms with Crippen molar-refractivity contribution in [3.8, 4) is 5.69 Å². The standard InChI is InChI=1S/C18H14N.C5H5.2FH.Zr/c1-13-10-16-8-4-5-9-18(16)19(13)17-11-14-6-2-3-7-15(14)12-17;1-2-4-5-3-1;;;/h2-12H,1H3;1-3H,4H2;2*1H;/q2*-1;;;+4/p-2. The van der Waals surface area contributed by atoms with Crippen molar-refractivity contribution < 1.29 is 29.7 Å². The van der Waals surface area contributed by atoms with Crippen LogP contribution in [0.25, 0.3) is 27.4 Å². The van der Waals surface area contributed by atoms with Crippen LogP contribution < -0.4 is 0 Å². The van der Waals surface area contributed by atoms with E-state index in [1.54, 1.807) is 0 Å². The molecule has 0 aliphatic heterocycles. The van der Waals surface area contributed by atoms with E-state index in [1.165, 1.54) is 33.1 Å². The van der Waals surface area contributed by atoms with Crippen LogP contribution in [0.2, 0.25) is 0 Å². The summed E-state index contributed by atoms with van der Waals surface area (Å²) in [6, 6.07) is 23.8. The van der Waals surface area contributed by atoms with E-state index < -0.39 is 24.5 Å². The molecule has 1 nitrogen and oxygen atoms in total. The molecule has 1 aromatic heterocycles. The third kappa shape index (κ3) is 4.76. The number of allylic oxidation sites excluding steroid dienone is 4. The molecule has 0 atom stereocenters. The van der Waals surface area contributed by atoms with Gasteiger partial charge in [-0.2, -0.15) is 6.08 Å². The molecular formula is C23H19F2NZr. The number of benzene rings is 2. The monoisotopic (exact) mass is 437 g/mol. The van der Waals surface area contributed by atoms with Crippen LogP contribution in [-0.2, 0) is 24.5 Å². The fourth-order valence-corrected chi connectivity index (χ4v) is 3.24. The second-order valence-electron chi connectivity index (χ2n) is 6.10. The molecule has 5 rings (SSSR count). The molecule has 0 spiro atoms. The maximum absolute atomic E-state index is 9.80. The van der Waals surface area contributed by atoms with E-state index in [0.717, 1.165) is 6.42 Å². The van der Waals surface area contributed by atoms with Crippen molar-refractivity contribution in [1.29, 1.82) is 0 Å². The van der Waals surface area contributed by atoms with Crippen molar-refractivity contribution in [2.45, 2.75) is 13.3 Å². The molecule has 4 aromatic rings. The molecule has 1 heterocycles. The van der Waals surface area contributed by atoms with Gasteiger partial charge in [-0.3, -0.25) is 6.08 Å². The van der Waals surface area contributed by atoms with Gasteiger partial charge in [0.2, 0.25) is 0 Å². The van der Waals surface area contributed by atoms with Crippen LogP contribution in [0.15, 0.2) is 85.0 Å². The molecule has 0 fully saturated rings. The van der Waals surface area contributed by atoms with Crippen molar-refractivity contribution in [2.24, 2.45) is 0 Å². The van der Waals surface area contributed by atoms with Gasteiger partial charge in [-0.1, -0.05) is 24.3 Å². The third-order valence-corrected chi connectivity index (χ3v) is 4.34. The van der Waals surface area contributed by atoms with Crippen molar-refractivity contribution in [1.82, 2.24) is 4.57 Å². The Bertz CT molecular complexity index is 1030. The van der Waals surface area contributed by atoms with E-state index >= 15 is 0 Å². The number of fused-ring (bicyclic) bond motifs is 2. The predicted octanol–water partition coefficient (Wildman–Crippen LogP) is 6.95. The Balaban J connectivity index is 0.000000222. The topological polar surface area (TPSA) is 4.93 Å². The Morgan fingerprint density at radius 3 is 2.33 bits per heavy atom. The first-order valence-corrected chi connectivity index (χ1v) is 10.5. The molecule has 0 radical (unpaired) electrons. The van der Waals surface area contributed by atoms with E-state index in [1.807, 2.05) is 12.2 Å². The molecular weight excluding hydrogens is 419 g/mol. The molecule has 27 heavy (non-hydrogen) atoms. The molecule has 0 bridgehead atoms. The van der Waals surface area contributed by atoms with E-state index in [-0.39, 0.29) is 0 Å². The number of aryl methyl sites for hydroxylation is 1. The van der Waals surface area contributed by atoms with Crippen LogP contribution in [0.3, 0.4) is 0 Å². The second kappa shape index (κ2) is 9.66. The first-order chi connectivity index (χ1) is 13.2. The van der Waals surface area contributed by atoms with Crippen LogP contribution in [0.4, 0.5) is 5.25 Å². The third-order valence-electron chi connectivity index (χ3n) is 4.34. The van der Waals surface area contributed by atoms with Crippen LogP contribution in [0, 0.1) is 13.0 Å². The number of hydrogen-bond donors (Lipinski definition) is 0. The molecule has 3 aromatic carbocycles. The molecule has 1 aliphatic rings. The van der Waals surface area contributed by atoms with Gasteiger partial charge in [-0.15, -0.1) is 47.5 Å².